The molecule has 0 saturated heterocycles. The number of aliphatic hydroxyl groups is 1. The number of alkyl halides is 1. The molecular weight excluding hydrogens is 186 g/mol. The fourth-order valence-electron chi connectivity index (χ4n) is 1.17. The molecule has 0 radical (unpaired) electrons. The maximum atomic E-state index is 8.89. The molecule has 0 aromatic carbocycles. The number of unbranched alkanes of at least 4 members (excludes halogenated alkanes) is 3. The van der Waals surface area contributed by atoms with Crippen LogP contribution in [0.1, 0.15) is 32.6 Å². The molecule has 3 heteroatoms. The molecule has 0 bridgehead atoms. The molecule has 0 aromatic heterocycles. The zero-order chi connectivity index (χ0) is 10.1. The Balaban J connectivity index is 3.21. The first-order valence-electron chi connectivity index (χ1n) is 5.09. The molecule has 0 aliphatic rings. The lowest BCUT2D eigenvalue weighted by atomic mass is 10.2. The van der Waals surface area contributed by atoms with Gasteiger partial charge in [0, 0.05) is 11.9 Å². The van der Waals surface area contributed by atoms with E-state index in [1.165, 1.54) is 19.3 Å². The molecule has 1 unspecified atom stereocenters. The van der Waals surface area contributed by atoms with E-state index in [1.807, 2.05) is 6.92 Å². The summed E-state index contributed by atoms with van der Waals surface area (Å²) in [5, 5.41) is 8.89. The number of aliphatic hydroxyl groups excluding tert-OH is 1. The largest absolute Gasteiger partial charge is 0.395 e. The Morgan fingerprint density at radius 3 is 2.38 bits per heavy atom. The summed E-state index contributed by atoms with van der Waals surface area (Å²) in [4.78, 5) is 2.20. The average Bonchev–Trinajstić information content (AvgIpc) is 2.16. The van der Waals surface area contributed by atoms with Crippen molar-refractivity contribution in [2.24, 2.45) is 0 Å². The number of hydrogen-bond acceptors (Lipinski definition) is 2. The number of halogens is 1. The van der Waals surface area contributed by atoms with Gasteiger partial charge in [0.1, 0.15) is 0 Å². The van der Waals surface area contributed by atoms with E-state index < -0.39 is 0 Å². The third-order valence-corrected chi connectivity index (χ3v) is 2.68. The first-order chi connectivity index (χ1) is 6.22. The van der Waals surface area contributed by atoms with E-state index >= 15 is 0 Å². The monoisotopic (exact) mass is 207 g/mol. The van der Waals surface area contributed by atoms with Crippen molar-refractivity contribution >= 4 is 11.6 Å². The van der Waals surface area contributed by atoms with E-state index in [-0.39, 0.29) is 12.6 Å². The number of nitrogens with zero attached hydrogens (tertiary/aromatic N) is 1. The van der Waals surface area contributed by atoms with Gasteiger partial charge in [0.2, 0.25) is 0 Å². The highest BCUT2D eigenvalue weighted by Crippen LogP contribution is 2.03. The van der Waals surface area contributed by atoms with Gasteiger partial charge in [-0.05, 0) is 33.4 Å². The van der Waals surface area contributed by atoms with Gasteiger partial charge in [0.15, 0.2) is 0 Å². The van der Waals surface area contributed by atoms with Crippen molar-refractivity contribution in [2.75, 3.05) is 26.1 Å². The summed E-state index contributed by atoms with van der Waals surface area (Å²) in [7, 11) is 2.06. The minimum atomic E-state index is 0.248. The maximum Gasteiger partial charge on any atom is 0.0584 e. The van der Waals surface area contributed by atoms with Crippen molar-refractivity contribution in [3.05, 3.63) is 0 Å². The summed E-state index contributed by atoms with van der Waals surface area (Å²) in [6.45, 7) is 3.36. The van der Waals surface area contributed by atoms with Crippen LogP contribution in [-0.2, 0) is 0 Å². The van der Waals surface area contributed by atoms with Gasteiger partial charge in [-0.1, -0.05) is 12.8 Å². The lowest BCUT2D eigenvalue weighted by Crippen LogP contribution is -2.32. The topological polar surface area (TPSA) is 23.5 Å². The van der Waals surface area contributed by atoms with Crippen LogP contribution in [0.2, 0.25) is 0 Å². The van der Waals surface area contributed by atoms with Gasteiger partial charge in [0.05, 0.1) is 6.61 Å². The van der Waals surface area contributed by atoms with Crippen LogP contribution < -0.4 is 0 Å². The quantitative estimate of drug-likeness (QED) is 0.487. The van der Waals surface area contributed by atoms with Crippen LogP contribution in [0.4, 0.5) is 0 Å². The standard InChI is InChI=1S/C10H22ClNO/c1-10(9-13)12(2)8-6-4-3-5-7-11/h10,13H,3-9H2,1-2H3. The second-order valence-electron chi connectivity index (χ2n) is 3.62. The van der Waals surface area contributed by atoms with Gasteiger partial charge >= 0.3 is 0 Å². The maximum absolute atomic E-state index is 8.89. The second kappa shape index (κ2) is 8.79. The van der Waals surface area contributed by atoms with Gasteiger partial charge in [0.25, 0.3) is 0 Å². The fourth-order valence-corrected chi connectivity index (χ4v) is 1.36. The van der Waals surface area contributed by atoms with Gasteiger partial charge in [-0.15, -0.1) is 11.6 Å². The Hall–Kier alpha value is 0.210. The van der Waals surface area contributed by atoms with Gasteiger partial charge < -0.3 is 10.0 Å². The van der Waals surface area contributed by atoms with Crippen molar-refractivity contribution in [2.45, 2.75) is 38.6 Å². The molecule has 0 heterocycles. The summed E-state index contributed by atoms with van der Waals surface area (Å²) in [5.74, 6) is 0.781. The van der Waals surface area contributed by atoms with E-state index in [2.05, 4.69) is 11.9 Å². The summed E-state index contributed by atoms with van der Waals surface area (Å²) >= 11 is 5.57. The van der Waals surface area contributed by atoms with Crippen LogP contribution >= 0.6 is 11.6 Å². The van der Waals surface area contributed by atoms with Crippen LogP contribution in [0.15, 0.2) is 0 Å². The Morgan fingerprint density at radius 1 is 1.23 bits per heavy atom. The molecule has 0 rings (SSSR count). The van der Waals surface area contributed by atoms with Crippen LogP contribution in [-0.4, -0.2) is 42.1 Å². The molecule has 1 atom stereocenters. The molecule has 0 amide bonds. The van der Waals surface area contributed by atoms with E-state index in [1.54, 1.807) is 0 Å². The second-order valence-corrected chi connectivity index (χ2v) is 3.99. The van der Waals surface area contributed by atoms with Crippen molar-refractivity contribution in [3.8, 4) is 0 Å². The van der Waals surface area contributed by atoms with Crippen LogP contribution in [0, 0.1) is 0 Å². The zero-order valence-electron chi connectivity index (χ0n) is 8.80. The van der Waals surface area contributed by atoms with Crippen molar-refractivity contribution in [3.63, 3.8) is 0 Å². The van der Waals surface area contributed by atoms with E-state index in [0.29, 0.717) is 0 Å². The van der Waals surface area contributed by atoms with E-state index in [9.17, 15) is 0 Å². The molecule has 0 fully saturated rings. The average molecular weight is 208 g/mol. The third-order valence-electron chi connectivity index (χ3n) is 2.41. The molecule has 0 saturated carbocycles. The molecule has 0 spiro atoms. The predicted octanol–water partition coefficient (Wildman–Crippen LogP) is 2.10. The Morgan fingerprint density at radius 2 is 1.85 bits per heavy atom. The third kappa shape index (κ3) is 7.29. The van der Waals surface area contributed by atoms with Crippen molar-refractivity contribution in [1.29, 1.82) is 0 Å². The zero-order valence-corrected chi connectivity index (χ0v) is 9.56. The number of likely N-dealkylation sites (N-methyl/N-ethyl adjacent to an activating group) is 1. The van der Waals surface area contributed by atoms with Gasteiger partial charge in [-0.2, -0.15) is 0 Å². The van der Waals surface area contributed by atoms with Crippen LogP contribution in [0.25, 0.3) is 0 Å². The summed E-state index contributed by atoms with van der Waals surface area (Å²) in [6.07, 6.45) is 4.80. The summed E-state index contributed by atoms with van der Waals surface area (Å²) < 4.78 is 0. The minimum absolute atomic E-state index is 0.248. The fraction of sp³-hybridized carbons (Fsp3) is 1.00. The van der Waals surface area contributed by atoms with Crippen LogP contribution in [0.5, 0.6) is 0 Å². The molecule has 13 heavy (non-hydrogen) atoms. The van der Waals surface area contributed by atoms with E-state index in [4.69, 9.17) is 16.7 Å². The lowest BCUT2D eigenvalue weighted by Gasteiger charge is -2.22. The highest BCUT2D eigenvalue weighted by molar-refractivity contribution is 6.17. The van der Waals surface area contributed by atoms with Crippen molar-refractivity contribution in [1.82, 2.24) is 4.90 Å². The molecule has 0 aromatic rings. The Labute approximate surface area is 86.9 Å². The highest BCUT2D eigenvalue weighted by Gasteiger charge is 2.05. The Kier molecular flexibility index (Phi) is 8.93. The lowest BCUT2D eigenvalue weighted by molar-refractivity contribution is 0.157. The summed E-state index contributed by atoms with van der Waals surface area (Å²) in [6, 6.07) is 0.285. The first-order valence-corrected chi connectivity index (χ1v) is 5.63. The Bertz CT molecular complexity index is 111. The minimum Gasteiger partial charge on any atom is -0.395 e. The first kappa shape index (κ1) is 13.2. The number of rotatable bonds is 8. The molecule has 0 aliphatic heterocycles. The van der Waals surface area contributed by atoms with E-state index in [0.717, 1.165) is 18.8 Å². The molecule has 2 nitrogen and oxygen atoms in total. The molecular formula is C10H22ClNO. The molecule has 1 N–H and O–H groups in total. The van der Waals surface area contributed by atoms with Crippen LogP contribution in [0.3, 0.4) is 0 Å². The van der Waals surface area contributed by atoms with Crippen molar-refractivity contribution < 1.29 is 5.11 Å². The smallest absolute Gasteiger partial charge is 0.0584 e. The molecule has 0 aliphatic carbocycles. The highest BCUT2D eigenvalue weighted by atomic mass is 35.5. The number of hydrogen-bond donors (Lipinski definition) is 1. The predicted molar refractivity (Wildman–Crippen MR) is 58.4 cm³/mol. The normalized spacial score (nSPS) is 13.6. The summed E-state index contributed by atoms with van der Waals surface area (Å²) in [5.41, 5.74) is 0. The van der Waals surface area contributed by atoms with Gasteiger partial charge in [-0.25, -0.2) is 0 Å². The molecule has 80 valence electrons. The van der Waals surface area contributed by atoms with Gasteiger partial charge in [-0.3, -0.25) is 0 Å². The SMILES string of the molecule is CC(CO)N(C)CCCCCCCl.